The number of aromatic nitrogens is 2. The monoisotopic (exact) mass is 252 g/mol. The van der Waals surface area contributed by atoms with Gasteiger partial charge >= 0.3 is 0 Å². The molecule has 0 amide bonds. The highest BCUT2D eigenvalue weighted by Gasteiger charge is 2.29. The lowest BCUT2D eigenvalue weighted by Gasteiger charge is -2.18. The maximum atomic E-state index is 5.73. The Morgan fingerprint density at radius 3 is 2.89 bits per heavy atom. The van der Waals surface area contributed by atoms with E-state index in [4.69, 9.17) is 10.3 Å². The average molecular weight is 252 g/mol. The molecule has 1 aromatic rings. The molecule has 5 nitrogen and oxygen atoms in total. The van der Waals surface area contributed by atoms with Crippen LogP contribution in [0.15, 0.2) is 4.52 Å². The number of likely N-dealkylation sites (tertiary alicyclic amines) is 1. The first-order valence-electron chi connectivity index (χ1n) is 6.84. The Bertz CT molecular complexity index is 377. The Morgan fingerprint density at radius 2 is 2.28 bits per heavy atom. The molecule has 1 aliphatic rings. The van der Waals surface area contributed by atoms with Crippen LogP contribution in [0, 0.1) is 11.8 Å². The molecule has 1 saturated heterocycles. The number of nitrogens with zero attached hydrogens (tertiary/aromatic N) is 3. The molecule has 2 N–H and O–H groups in total. The number of hydrogen-bond acceptors (Lipinski definition) is 5. The van der Waals surface area contributed by atoms with Crippen molar-refractivity contribution in [2.24, 2.45) is 17.6 Å². The zero-order chi connectivity index (χ0) is 13.1. The van der Waals surface area contributed by atoms with Crippen molar-refractivity contribution in [3.05, 3.63) is 11.7 Å². The molecular formula is C13H24N4O. The van der Waals surface area contributed by atoms with Gasteiger partial charge in [-0.2, -0.15) is 4.98 Å². The first-order chi connectivity index (χ1) is 8.58. The summed E-state index contributed by atoms with van der Waals surface area (Å²) in [6.07, 6.45) is 2.05. The van der Waals surface area contributed by atoms with Crippen LogP contribution in [0.2, 0.25) is 0 Å². The summed E-state index contributed by atoms with van der Waals surface area (Å²) >= 11 is 0. The lowest BCUT2D eigenvalue weighted by atomic mass is 10.1. The summed E-state index contributed by atoms with van der Waals surface area (Å²) in [4.78, 5) is 6.83. The van der Waals surface area contributed by atoms with Gasteiger partial charge < -0.3 is 10.3 Å². The summed E-state index contributed by atoms with van der Waals surface area (Å²) in [5.41, 5.74) is 5.73. The van der Waals surface area contributed by atoms with Crippen molar-refractivity contribution in [2.75, 3.05) is 13.1 Å². The summed E-state index contributed by atoms with van der Waals surface area (Å²) < 4.78 is 5.31. The van der Waals surface area contributed by atoms with E-state index in [9.17, 15) is 0 Å². The molecule has 0 radical (unpaired) electrons. The minimum Gasteiger partial charge on any atom is -0.338 e. The quantitative estimate of drug-likeness (QED) is 0.858. The molecule has 2 atom stereocenters. The third-order valence-electron chi connectivity index (χ3n) is 3.56. The molecule has 1 aromatic heterocycles. The zero-order valence-electron chi connectivity index (χ0n) is 11.6. The maximum Gasteiger partial charge on any atom is 0.240 e. The molecule has 2 heterocycles. The van der Waals surface area contributed by atoms with Crippen LogP contribution in [0.3, 0.4) is 0 Å². The Labute approximate surface area is 109 Å². The highest BCUT2D eigenvalue weighted by atomic mass is 16.5. The van der Waals surface area contributed by atoms with Crippen LogP contribution in [0.5, 0.6) is 0 Å². The third kappa shape index (κ3) is 3.29. The fraction of sp³-hybridized carbons (Fsp3) is 0.846. The molecule has 1 aliphatic heterocycles. The predicted octanol–water partition coefficient (Wildman–Crippen LogP) is 1.44. The van der Waals surface area contributed by atoms with Gasteiger partial charge in [-0.15, -0.1) is 0 Å². The molecule has 2 unspecified atom stereocenters. The normalized spacial score (nSPS) is 25.2. The largest absolute Gasteiger partial charge is 0.338 e. The van der Waals surface area contributed by atoms with Gasteiger partial charge in [0, 0.05) is 19.0 Å². The molecule has 1 fully saturated rings. The fourth-order valence-electron chi connectivity index (χ4n) is 2.58. The molecule has 102 valence electrons. The number of nitrogens with two attached hydrogens (primary N) is 1. The van der Waals surface area contributed by atoms with E-state index in [2.05, 4.69) is 35.8 Å². The van der Waals surface area contributed by atoms with Crippen molar-refractivity contribution in [1.29, 1.82) is 0 Å². The number of hydrogen-bond donors (Lipinski definition) is 1. The van der Waals surface area contributed by atoms with Crippen molar-refractivity contribution in [3.8, 4) is 0 Å². The maximum absolute atomic E-state index is 5.73. The summed E-state index contributed by atoms with van der Waals surface area (Å²) in [7, 11) is 0. The van der Waals surface area contributed by atoms with Crippen LogP contribution in [-0.2, 0) is 13.0 Å². The first-order valence-corrected chi connectivity index (χ1v) is 6.84. The van der Waals surface area contributed by atoms with Crippen molar-refractivity contribution in [3.63, 3.8) is 0 Å². The van der Waals surface area contributed by atoms with Crippen molar-refractivity contribution >= 4 is 0 Å². The third-order valence-corrected chi connectivity index (χ3v) is 3.56. The van der Waals surface area contributed by atoms with Gasteiger partial charge in [0.15, 0.2) is 5.82 Å². The second-order valence-corrected chi connectivity index (χ2v) is 5.82. The molecule has 0 saturated carbocycles. The van der Waals surface area contributed by atoms with E-state index < -0.39 is 0 Å². The Kier molecular flexibility index (Phi) is 4.35. The molecular weight excluding hydrogens is 228 g/mol. The van der Waals surface area contributed by atoms with E-state index in [-0.39, 0.29) is 0 Å². The van der Waals surface area contributed by atoms with Crippen LogP contribution in [-0.4, -0.2) is 34.2 Å². The van der Waals surface area contributed by atoms with E-state index in [0.29, 0.717) is 17.9 Å². The Balaban J connectivity index is 1.91. The van der Waals surface area contributed by atoms with Crippen LogP contribution in [0.25, 0.3) is 0 Å². The van der Waals surface area contributed by atoms with Crippen LogP contribution in [0.4, 0.5) is 0 Å². The summed E-state index contributed by atoms with van der Waals surface area (Å²) in [6.45, 7) is 9.11. The first kappa shape index (κ1) is 13.5. The van der Waals surface area contributed by atoms with E-state index >= 15 is 0 Å². The lowest BCUT2D eigenvalue weighted by molar-refractivity contribution is 0.218. The second kappa shape index (κ2) is 5.80. The van der Waals surface area contributed by atoms with Crippen molar-refractivity contribution in [2.45, 2.75) is 46.2 Å². The summed E-state index contributed by atoms with van der Waals surface area (Å²) in [6, 6.07) is 0.555. The van der Waals surface area contributed by atoms with Gasteiger partial charge in [0.05, 0.1) is 6.54 Å². The highest BCUT2D eigenvalue weighted by molar-refractivity contribution is 4.90. The zero-order valence-corrected chi connectivity index (χ0v) is 11.6. The highest BCUT2D eigenvalue weighted by Crippen LogP contribution is 2.23. The molecule has 0 aliphatic carbocycles. The molecule has 0 aromatic carbocycles. The van der Waals surface area contributed by atoms with Crippen LogP contribution >= 0.6 is 0 Å². The van der Waals surface area contributed by atoms with Gasteiger partial charge in [-0.1, -0.05) is 19.0 Å². The van der Waals surface area contributed by atoms with Gasteiger partial charge in [-0.05, 0) is 31.7 Å². The van der Waals surface area contributed by atoms with Gasteiger partial charge in [0.2, 0.25) is 5.89 Å². The Morgan fingerprint density at radius 1 is 1.50 bits per heavy atom. The fourth-order valence-corrected chi connectivity index (χ4v) is 2.58. The molecule has 18 heavy (non-hydrogen) atoms. The number of rotatable bonds is 5. The van der Waals surface area contributed by atoms with Gasteiger partial charge in [-0.3, -0.25) is 4.90 Å². The van der Waals surface area contributed by atoms with Crippen LogP contribution < -0.4 is 5.73 Å². The van der Waals surface area contributed by atoms with E-state index in [1.807, 2.05) is 0 Å². The minimum atomic E-state index is 0.555. The van der Waals surface area contributed by atoms with Crippen LogP contribution in [0.1, 0.15) is 38.9 Å². The van der Waals surface area contributed by atoms with Gasteiger partial charge in [0.1, 0.15) is 0 Å². The van der Waals surface area contributed by atoms with E-state index in [1.54, 1.807) is 0 Å². The van der Waals surface area contributed by atoms with Crippen molar-refractivity contribution < 1.29 is 4.52 Å². The second-order valence-electron chi connectivity index (χ2n) is 5.82. The summed E-state index contributed by atoms with van der Waals surface area (Å²) in [5, 5.41) is 4.03. The SMILES string of the molecule is CC(C)Cc1noc(CN2CC(CN)CC2C)n1. The summed E-state index contributed by atoms with van der Waals surface area (Å²) in [5.74, 6) is 2.72. The standard InChI is InChI=1S/C13H24N4O/c1-9(2)4-12-15-13(18-16-12)8-17-7-11(6-14)5-10(17)3/h9-11H,4-8,14H2,1-3H3. The molecule has 2 rings (SSSR count). The lowest BCUT2D eigenvalue weighted by Crippen LogP contribution is -2.27. The van der Waals surface area contributed by atoms with E-state index in [0.717, 1.165) is 37.8 Å². The van der Waals surface area contributed by atoms with Gasteiger partial charge in [-0.25, -0.2) is 0 Å². The smallest absolute Gasteiger partial charge is 0.240 e. The van der Waals surface area contributed by atoms with E-state index in [1.165, 1.54) is 6.42 Å². The minimum absolute atomic E-state index is 0.555. The topological polar surface area (TPSA) is 68.2 Å². The van der Waals surface area contributed by atoms with Crippen molar-refractivity contribution in [1.82, 2.24) is 15.0 Å². The Hall–Kier alpha value is -0.940. The average Bonchev–Trinajstić information content (AvgIpc) is 2.86. The molecule has 0 spiro atoms. The molecule has 0 bridgehead atoms. The predicted molar refractivity (Wildman–Crippen MR) is 69.9 cm³/mol. The molecule has 5 heteroatoms. The van der Waals surface area contributed by atoms with Gasteiger partial charge in [0.25, 0.3) is 0 Å².